The first-order valence-corrected chi connectivity index (χ1v) is 6.01. The van der Waals surface area contributed by atoms with Gasteiger partial charge in [0.1, 0.15) is 5.75 Å². The van der Waals surface area contributed by atoms with Gasteiger partial charge in [-0.1, -0.05) is 26.0 Å². The molecule has 0 amide bonds. The normalized spacial score (nSPS) is 14.9. The molecule has 2 heteroatoms. The highest BCUT2D eigenvalue weighted by molar-refractivity contribution is 5.29. The van der Waals surface area contributed by atoms with Gasteiger partial charge in [0.05, 0.1) is 6.10 Å². The van der Waals surface area contributed by atoms with E-state index in [-0.39, 0.29) is 12.1 Å². The second-order valence-electron chi connectivity index (χ2n) is 4.87. The molecule has 0 aliphatic rings. The van der Waals surface area contributed by atoms with Crippen molar-refractivity contribution >= 4 is 0 Å². The van der Waals surface area contributed by atoms with Crippen molar-refractivity contribution in [2.45, 2.75) is 52.2 Å². The largest absolute Gasteiger partial charge is 0.491 e. The zero-order chi connectivity index (χ0) is 12.1. The summed E-state index contributed by atoms with van der Waals surface area (Å²) < 4.78 is 5.78. The van der Waals surface area contributed by atoms with Gasteiger partial charge in [0.2, 0.25) is 0 Å². The van der Waals surface area contributed by atoms with Crippen LogP contribution in [0.5, 0.6) is 5.75 Å². The summed E-state index contributed by atoms with van der Waals surface area (Å²) in [6.45, 7) is 8.44. The van der Waals surface area contributed by atoms with Gasteiger partial charge in [-0.3, -0.25) is 0 Å². The van der Waals surface area contributed by atoms with Crippen LogP contribution in [0.2, 0.25) is 0 Å². The van der Waals surface area contributed by atoms with E-state index in [1.54, 1.807) is 0 Å². The van der Waals surface area contributed by atoms with Crippen LogP contribution < -0.4 is 10.5 Å². The van der Waals surface area contributed by atoms with Gasteiger partial charge in [-0.25, -0.2) is 0 Å². The van der Waals surface area contributed by atoms with E-state index in [1.807, 2.05) is 19.1 Å². The van der Waals surface area contributed by atoms with Crippen LogP contribution in [-0.4, -0.2) is 12.1 Å². The Morgan fingerprint density at radius 3 is 2.06 bits per heavy atom. The highest BCUT2D eigenvalue weighted by Crippen LogP contribution is 2.19. The highest BCUT2D eigenvalue weighted by Gasteiger charge is 2.07. The zero-order valence-corrected chi connectivity index (χ0v) is 10.7. The van der Waals surface area contributed by atoms with Crippen molar-refractivity contribution in [1.29, 1.82) is 0 Å². The second-order valence-corrected chi connectivity index (χ2v) is 4.87. The Labute approximate surface area is 98.8 Å². The van der Waals surface area contributed by atoms with Crippen molar-refractivity contribution in [2.75, 3.05) is 0 Å². The minimum atomic E-state index is 0.171. The van der Waals surface area contributed by atoms with E-state index in [1.165, 1.54) is 5.56 Å². The fourth-order valence-corrected chi connectivity index (χ4v) is 1.74. The Morgan fingerprint density at radius 2 is 1.62 bits per heavy atom. The van der Waals surface area contributed by atoms with Crippen molar-refractivity contribution in [2.24, 2.45) is 5.73 Å². The molecule has 2 N–H and O–H groups in total. The summed E-state index contributed by atoms with van der Waals surface area (Å²) in [7, 11) is 0. The third kappa shape index (κ3) is 4.23. The molecule has 0 heterocycles. The van der Waals surface area contributed by atoms with Gasteiger partial charge in [-0.15, -0.1) is 0 Å². The van der Waals surface area contributed by atoms with Crippen LogP contribution in [0, 0.1) is 0 Å². The van der Waals surface area contributed by atoms with Crippen LogP contribution in [0.1, 0.15) is 45.6 Å². The maximum absolute atomic E-state index is 5.78. The molecule has 1 aromatic carbocycles. The van der Waals surface area contributed by atoms with Crippen LogP contribution in [0.25, 0.3) is 0 Å². The summed E-state index contributed by atoms with van der Waals surface area (Å²) in [5, 5.41) is 0. The van der Waals surface area contributed by atoms with E-state index >= 15 is 0 Å². The molecule has 0 spiro atoms. The summed E-state index contributed by atoms with van der Waals surface area (Å²) in [5.41, 5.74) is 7.07. The molecular formula is C14H23NO. The molecule has 2 unspecified atom stereocenters. The molecule has 0 saturated carbocycles. The highest BCUT2D eigenvalue weighted by atomic mass is 16.5. The Hall–Kier alpha value is -1.02. The number of hydrogen-bond acceptors (Lipinski definition) is 2. The molecular weight excluding hydrogens is 198 g/mol. The minimum absolute atomic E-state index is 0.171. The molecule has 0 bridgehead atoms. The summed E-state index contributed by atoms with van der Waals surface area (Å²) in [5.74, 6) is 1.49. The first kappa shape index (κ1) is 13.0. The molecule has 0 fully saturated rings. The van der Waals surface area contributed by atoms with Crippen LogP contribution in [-0.2, 0) is 0 Å². The molecule has 0 saturated heterocycles. The first-order chi connectivity index (χ1) is 7.49. The van der Waals surface area contributed by atoms with Crippen LogP contribution in [0.15, 0.2) is 24.3 Å². The minimum Gasteiger partial charge on any atom is -0.491 e. The van der Waals surface area contributed by atoms with E-state index in [9.17, 15) is 0 Å². The third-order valence-electron chi connectivity index (χ3n) is 2.59. The van der Waals surface area contributed by atoms with Gasteiger partial charge >= 0.3 is 0 Å². The molecule has 0 radical (unpaired) electrons. The molecule has 0 aromatic heterocycles. The molecule has 0 aliphatic heterocycles. The summed E-state index contributed by atoms with van der Waals surface area (Å²) in [6.07, 6.45) is 1.05. The molecule has 0 aliphatic carbocycles. The van der Waals surface area contributed by atoms with Gasteiger partial charge in [-0.05, 0) is 43.9 Å². The van der Waals surface area contributed by atoms with E-state index < -0.39 is 0 Å². The number of hydrogen-bond donors (Lipinski definition) is 1. The van der Waals surface area contributed by atoms with Crippen molar-refractivity contribution in [3.05, 3.63) is 29.8 Å². The van der Waals surface area contributed by atoms with Crippen molar-refractivity contribution in [3.8, 4) is 5.75 Å². The van der Waals surface area contributed by atoms with Gasteiger partial charge in [-0.2, -0.15) is 0 Å². The Kier molecular flexibility index (Phi) is 4.81. The SMILES string of the molecule is CC(N)CC(C)Oc1ccc(C(C)C)cc1. The van der Waals surface area contributed by atoms with Gasteiger partial charge in [0.25, 0.3) is 0 Å². The quantitative estimate of drug-likeness (QED) is 0.828. The van der Waals surface area contributed by atoms with E-state index in [2.05, 4.69) is 32.9 Å². The molecule has 2 atom stereocenters. The maximum atomic E-state index is 5.78. The van der Waals surface area contributed by atoms with Crippen LogP contribution >= 0.6 is 0 Å². The Balaban J connectivity index is 2.55. The second kappa shape index (κ2) is 5.90. The predicted octanol–water partition coefficient (Wildman–Crippen LogP) is 3.31. The lowest BCUT2D eigenvalue weighted by Gasteiger charge is -2.17. The fraction of sp³-hybridized carbons (Fsp3) is 0.571. The monoisotopic (exact) mass is 221 g/mol. The smallest absolute Gasteiger partial charge is 0.119 e. The Morgan fingerprint density at radius 1 is 1.06 bits per heavy atom. The fourth-order valence-electron chi connectivity index (χ4n) is 1.74. The number of benzene rings is 1. The molecule has 1 aromatic rings. The molecule has 90 valence electrons. The summed E-state index contributed by atoms with van der Waals surface area (Å²) in [6, 6.07) is 8.50. The maximum Gasteiger partial charge on any atom is 0.119 e. The van der Waals surface area contributed by atoms with Gasteiger partial charge in [0.15, 0.2) is 0 Å². The van der Waals surface area contributed by atoms with Gasteiger partial charge in [0, 0.05) is 6.04 Å². The van der Waals surface area contributed by atoms with E-state index in [0.717, 1.165) is 12.2 Å². The molecule has 2 nitrogen and oxygen atoms in total. The van der Waals surface area contributed by atoms with Crippen molar-refractivity contribution in [1.82, 2.24) is 0 Å². The van der Waals surface area contributed by atoms with Crippen LogP contribution in [0.4, 0.5) is 0 Å². The summed E-state index contributed by atoms with van der Waals surface area (Å²) >= 11 is 0. The van der Waals surface area contributed by atoms with Crippen molar-refractivity contribution < 1.29 is 4.74 Å². The van der Waals surface area contributed by atoms with Crippen LogP contribution in [0.3, 0.4) is 0 Å². The van der Waals surface area contributed by atoms with Gasteiger partial charge < -0.3 is 10.5 Å². The molecule has 16 heavy (non-hydrogen) atoms. The van der Waals surface area contributed by atoms with Crippen molar-refractivity contribution in [3.63, 3.8) is 0 Å². The van der Waals surface area contributed by atoms with E-state index in [4.69, 9.17) is 10.5 Å². The number of nitrogens with two attached hydrogens (primary N) is 1. The lowest BCUT2D eigenvalue weighted by Crippen LogP contribution is -2.24. The number of rotatable bonds is 5. The predicted molar refractivity (Wildman–Crippen MR) is 68.9 cm³/mol. The van der Waals surface area contributed by atoms with E-state index in [0.29, 0.717) is 5.92 Å². The average Bonchev–Trinajstić information content (AvgIpc) is 2.16. The molecule has 1 rings (SSSR count). The lowest BCUT2D eigenvalue weighted by molar-refractivity contribution is 0.203. The average molecular weight is 221 g/mol. The topological polar surface area (TPSA) is 35.2 Å². The number of ether oxygens (including phenoxy) is 1. The lowest BCUT2D eigenvalue weighted by atomic mass is 10.0. The standard InChI is InChI=1S/C14H23NO/c1-10(2)13-5-7-14(8-6-13)16-12(4)9-11(3)15/h5-8,10-12H,9,15H2,1-4H3. The summed E-state index contributed by atoms with van der Waals surface area (Å²) in [4.78, 5) is 0. The Bertz CT molecular complexity index is 303. The first-order valence-electron chi connectivity index (χ1n) is 6.01. The third-order valence-corrected chi connectivity index (χ3v) is 2.59. The zero-order valence-electron chi connectivity index (χ0n) is 10.7.